The molecule has 2 aromatic rings. The van der Waals surface area contributed by atoms with E-state index in [9.17, 15) is 13.2 Å². The molecule has 10 heteroatoms. The van der Waals surface area contributed by atoms with E-state index in [1.165, 1.54) is 5.69 Å². The van der Waals surface area contributed by atoms with Crippen molar-refractivity contribution in [2.45, 2.75) is 32.6 Å². The number of rotatable bonds is 5. The molecule has 0 spiro atoms. The average molecular weight is 400 g/mol. The molecule has 1 atom stereocenters. The third kappa shape index (κ3) is 6.52. The van der Waals surface area contributed by atoms with E-state index in [0.29, 0.717) is 5.92 Å². The molecule has 1 aliphatic heterocycles. The Kier molecular flexibility index (Phi) is 7.80. The number of nitrogens with zero attached hydrogens (tertiary/aromatic N) is 4. The van der Waals surface area contributed by atoms with Crippen LogP contribution in [0.1, 0.15) is 19.0 Å². The van der Waals surface area contributed by atoms with E-state index in [2.05, 4.69) is 37.8 Å². The molecule has 1 N–H and O–H groups in total. The topological polar surface area (TPSA) is 80.5 Å². The lowest BCUT2D eigenvalue weighted by atomic mass is 10.1. The zero-order valence-corrected chi connectivity index (χ0v) is 15.5. The third-order valence-corrected chi connectivity index (χ3v) is 4.16. The van der Waals surface area contributed by atoms with Gasteiger partial charge in [0.15, 0.2) is 0 Å². The highest BCUT2D eigenvalue weighted by Gasteiger charge is 2.38. The van der Waals surface area contributed by atoms with Crippen molar-refractivity contribution in [2.24, 2.45) is 5.92 Å². The second-order valence-corrected chi connectivity index (χ2v) is 6.24. The number of ether oxygens (including phenoxy) is 1. The summed E-state index contributed by atoms with van der Waals surface area (Å²) >= 11 is 0. The number of halogens is 3. The van der Waals surface area contributed by atoms with Gasteiger partial charge in [0.2, 0.25) is 5.95 Å². The molecular formula is C18H23F3N4O3. The van der Waals surface area contributed by atoms with Crippen molar-refractivity contribution in [1.29, 1.82) is 0 Å². The summed E-state index contributed by atoms with van der Waals surface area (Å²) in [7, 11) is 0. The Labute approximate surface area is 160 Å². The van der Waals surface area contributed by atoms with Crippen molar-refractivity contribution in [2.75, 3.05) is 24.7 Å². The number of alkyl halides is 3. The Morgan fingerprint density at radius 1 is 1.29 bits per heavy atom. The highest BCUT2D eigenvalue weighted by Crippen LogP contribution is 2.22. The smallest absolute Gasteiger partial charge is 0.475 e. The first kappa shape index (κ1) is 21.7. The van der Waals surface area contributed by atoms with E-state index in [1.807, 2.05) is 25.4 Å². The van der Waals surface area contributed by atoms with Crippen molar-refractivity contribution in [3.05, 3.63) is 42.5 Å². The van der Waals surface area contributed by atoms with Gasteiger partial charge in [-0.1, -0.05) is 0 Å². The fourth-order valence-corrected chi connectivity index (χ4v) is 2.86. The number of anilines is 1. The standard InChI is InChI=1S/C16H22N4O.C2HF3O2/c1-2-21-10-6-14-11-19-9-3-5-15(19)13-20(12-14)16-17-7-4-8-18-16;3-2(4,5)1(6)7/h3-5,7-9,14H,2,6,10-13H2,1H3;(H,6,7). The second-order valence-electron chi connectivity index (χ2n) is 6.24. The van der Waals surface area contributed by atoms with E-state index >= 15 is 0 Å². The van der Waals surface area contributed by atoms with Gasteiger partial charge in [-0.2, -0.15) is 13.2 Å². The number of carbonyl (C=O) groups is 1. The monoisotopic (exact) mass is 400 g/mol. The predicted octanol–water partition coefficient (Wildman–Crippen LogP) is 2.97. The number of hydrogen-bond acceptors (Lipinski definition) is 5. The lowest BCUT2D eigenvalue weighted by Crippen LogP contribution is -2.29. The van der Waals surface area contributed by atoms with Gasteiger partial charge >= 0.3 is 12.1 Å². The molecule has 7 nitrogen and oxygen atoms in total. The number of aromatic nitrogens is 3. The molecule has 1 unspecified atom stereocenters. The molecule has 3 rings (SSSR count). The van der Waals surface area contributed by atoms with Crippen LogP contribution in [0, 0.1) is 5.92 Å². The SMILES string of the molecule is CCOCCC1CN(c2ncccn2)Cc2cccn2C1.O=C(O)C(F)(F)F. The lowest BCUT2D eigenvalue weighted by molar-refractivity contribution is -0.192. The summed E-state index contributed by atoms with van der Waals surface area (Å²) in [4.78, 5) is 20.0. The van der Waals surface area contributed by atoms with E-state index in [1.54, 1.807) is 0 Å². The minimum absolute atomic E-state index is 0.550. The van der Waals surface area contributed by atoms with Crippen LogP contribution in [0.25, 0.3) is 0 Å². The van der Waals surface area contributed by atoms with E-state index in [-0.39, 0.29) is 0 Å². The van der Waals surface area contributed by atoms with Crippen molar-refractivity contribution in [1.82, 2.24) is 14.5 Å². The van der Waals surface area contributed by atoms with E-state index in [4.69, 9.17) is 14.6 Å². The normalized spacial score (nSPS) is 16.6. The lowest BCUT2D eigenvalue weighted by Gasteiger charge is -2.23. The maximum absolute atomic E-state index is 10.6. The number of hydrogen-bond donors (Lipinski definition) is 1. The minimum atomic E-state index is -5.08. The van der Waals surface area contributed by atoms with Crippen LogP contribution in [0.15, 0.2) is 36.8 Å². The molecule has 3 heterocycles. The highest BCUT2D eigenvalue weighted by atomic mass is 19.4. The largest absolute Gasteiger partial charge is 0.490 e. The van der Waals surface area contributed by atoms with Gasteiger partial charge in [-0.3, -0.25) is 0 Å². The molecule has 0 saturated carbocycles. The molecule has 0 bridgehead atoms. The van der Waals surface area contributed by atoms with Crippen molar-refractivity contribution in [3.63, 3.8) is 0 Å². The van der Waals surface area contributed by atoms with Crippen LogP contribution in [-0.4, -0.2) is 51.5 Å². The number of carboxylic acids is 1. The summed E-state index contributed by atoms with van der Waals surface area (Å²) in [5.74, 6) is -1.39. The Hall–Kier alpha value is -2.62. The van der Waals surface area contributed by atoms with Crippen molar-refractivity contribution >= 4 is 11.9 Å². The molecule has 2 aromatic heterocycles. The van der Waals surface area contributed by atoms with Crippen LogP contribution in [0.5, 0.6) is 0 Å². The number of carboxylic acid groups (broad SMARTS) is 1. The summed E-state index contributed by atoms with van der Waals surface area (Å²) in [5.41, 5.74) is 1.32. The molecule has 154 valence electrons. The minimum Gasteiger partial charge on any atom is -0.475 e. The Morgan fingerprint density at radius 3 is 2.57 bits per heavy atom. The van der Waals surface area contributed by atoms with Gasteiger partial charge in [-0.15, -0.1) is 0 Å². The molecule has 1 aliphatic rings. The first-order valence-corrected chi connectivity index (χ1v) is 8.85. The van der Waals surface area contributed by atoms with Gasteiger partial charge in [0, 0.05) is 50.6 Å². The first-order chi connectivity index (χ1) is 13.3. The van der Waals surface area contributed by atoms with Gasteiger partial charge in [0.25, 0.3) is 0 Å². The summed E-state index contributed by atoms with van der Waals surface area (Å²) in [6, 6.07) is 6.15. The van der Waals surface area contributed by atoms with Crippen LogP contribution in [0.3, 0.4) is 0 Å². The first-order valence-electron chi connectivity index (χ1n) is 8.85. The van der Waals surface area contributed by atoms with Crippen LogP contribution in [-0.2, 0) is 22.6 Å². The maximum atomic E-state index is 10.6. The summed E-state index contributed by atoms with van der Waals surface area (Å²) in [5, 5.41) is 7.12. The Morgan fingerprint density at radius 2 is 1.96 bits per heavy atom. The molecule has 0 amide bonds. The molecule has 0 saturated heterocycles. The van der Waals surface area contributed by atoms with Crippen molar-refractivity contribution < 1.29 is 27.8 Å². The van der Waals surface area contributed by atoms with Crippen molar-refractivity contribution in [3.8, 4) is 0 Å². The average Bonchev–Trinajstić information content (AvgIpc) is 3.01. The van der Waals surface area contributed by atoms with Crippen LogP contribution >= 0.6 is 0 Å². The summed E-state index contributed by atoms with van der Waals surface area (Å²) in [6.07, 6.45) is 1.76. The molecule has 28 heavy (non-hydrogen) atoms. The van der Waals surface area contributed by atoms with Gasteiger partial charge in [-0.05, 0) is 37.5 Å². The molecule has 0 aromatic carbocycles. The summed E-state index contributed by atoms with van der Waals surface area (Å²) < 4.78 is 39.6. The quantitative estimate of drug-likeness (QED) is 0.778. The van der Waals surface area contributed by atoms with Gasteiger partial charge in [-0.25, -0.2) is 14.8 Å². The van der Waals surface area contributed by atoms with Gasteiger partial charge in [0.05, 0.1) is 6.54 Å². The summed E-state index contributed by atoms with van der Waals surface area (Å²) in [6.45, 7) is 6.52. The van der Waals surface area contributed by atoms with Crippen LogP contribution in [0.4, 0.5) is 19.1 Å². The van der Waals surface area contributed by atoms with E-state index < -0.39 is 12.1 Å². The number of fused-ring (bicyclic) bond motifs is 1. The Bertz CT molecular complexity index is 737. The second kappa shape index (κ2) is 10.1. The predicted molar refractivity (Wildman–Crippen MR) is 95.8 cm³/mol. The zero-order chi connectivity index (χ0) is 20.6. The molecule has 0 aliphatic carbocycles. The highest BCUT2D eigenvalue weighted by molar-refractivity contribution is 5.73. The zero-order valence-electron chi connectivity index (χ0n) is 15.5. The molecule has 0 fully saturated rings. The molecular weight excluding hydrogens is 377 g/mol. The van der Waals surface area contributed by atoms with E-state index in [0.717, 1.165) is 45.2 Å². The Balaban J connectivity index is 0.000000345. The fourth-order valence-electron chi connectivity index (χ4n) is 2.86. The van der Waals surface area contributed by atoms with Gasteiger partial charge in [0.1, 0.15) is 0 Å². The third-order valence-electron chi connectivity index (χ3n) is 4.16. The fraction of sp³-hybridized carbons (Fsp3) is 0.500. The van der Waals surface area contributed by atoms with Gasteiger partial charge < -0.3 is 19.3 Å². The van der Waals surface area contributed by atoms with Crippen LogP contribution in [0.2, 0.25) is 0 Å². The number of aliphatic carboxylic acids is 1. The van der Waals surface area contributed by atoms with Crippen LogP contribution < -0.4 is 4.90 Å². The maximum Gasteiger partial charge on any atom is 0.490 e. The molecule has 0 radical (unpaired) electrons.